The maximum atomic E-state index is 12.9. The molecule has 1 amide bonds. The number of methoxy groups -OCH3 is 1. The molecule has 8 nitrogen and oxygen atoms in total. The van der Waals surface area contributed by atoms with Crippen molar-refractivity contribution in [3.63, 3.8) is 0 Å². The van der Waals surface area contributed by atoms with E-state index in [1.54, 1.807) is 39.0 Å². The SMILES string of the molecule is COC(=O)[C@H](Cc1cccc(S(=O)(=O)N2CCCCC2)c1)NC(=O)OC(C)(C)C. The molecule has 1 aromatic carbocycles. The highest BCUT2D eigenvalue weighted by Gasteiger charge is 2.28. The molecule has 0 saturated carbocycles. The largest absolute Gasteiger partial charge is 0.467 e. The summed E-state index contributed by atoms with van der Waals surface area (Å²) in [7, 11) is -2.36. The Hall–Kier alpha value is -2.13. The molecule has 2 rings (SSSR count). The van der Waals surface area contributed by atoms with Crippen LogP contribution < -0.4 is 5.32 Å². The summed E-state index contributed by atoms with van der Waals surface area (Å²) in [4.78, 5) is 24.4. The van der Waals surface area contributed by atoms with Crippen LogP contribution in [0.1, 0.15) is 45.6 Å². The molecular weight excluding hydrogens is 396 g/mol. The summed E-state index contributed by atoms with van der Waals surface area (Å²) in [5, 5.41) is 2.50. The van der Waals surface area contributed by atoms with E-state index in [0.717, 1.165) is 19.3 Å². The Labute approximate surface area is 172 Å². The minimum atomic E-state index is -3.59. The Kier molecular flexibility index (Phi) is 7.65. The molecular formula is C20H30N2O6S. The van der Waals surface area contributed by atoms with Crippen molar-refractivity contribution in [1.82, 2.24) is 9.62 Å². The van der Waals surface area contributed by atoms with Gasteiger partial charge in [0.25, 0.3) is 0 Å². The molecule has 9 heteroatoms. The van der Waals surface area contributed by atoms with Gasteiger partial charge in [0, 0.05) is 19.5 Å². The number of hydrogen-bond donors (Lipinski definition) is 1. The third-order valence-corrected chi connectivity index (χ3v) is 6.36. The molecule has 0 spiro atoms. The molecule has 0 aliphatic carbocycles. The molecule has 0 radical (unpaired) electrons. The zero-order valence-electron chi connectivity index (χ0n) is 17.4. The third-order valence-electron chi connectivity index (χ3n) is 4.47. The predicted molar refractivity (Wildman–Crippen MR) is 108 cm³/mol. The van der Waals surface area contributed by atoms with Gasteiger partial charge in [0.1, 0.15) is 11.6 Å². The maximum absolute atomic E-state index is 12.9. The highest BCUT2D eigenvalue weighted by atomic mass is 32.2. The van der Waals surface area contributed by atoms with E-state index < -0.39 is 33.7 Å². The normalized spacial score (nSPS) is 16.7. The number of hydrogen-bond acceptors (Lipinski definition) is 6. The van der Waals surface area contributed by atoms with E-state index in [1.165, 1.54) is 17.5 Å². The molecule has 0 aromatic heterocycles. The average molecular weight is 427 g/mol. The Morgan fingerprint density at radius 3 is 2.41 bits per heavy atom. The molecule has 1 saturated heterocycles. The van der Waals surface area contributed by atoms with Gasteiger partial charge in [-0.2, -0.15) is 4.31 Å². The second-order valence-electron chi connectivity index (χ2n) is 8.04. The minimum Gasteiger partial charge on any atom is -0.467 e. The van der Waals surface area contributed by atoms with Crippen LogP contribution in [0.2, 0.25) is 0 Å². The van der Waals surface area contributed by atoms with E-state index in [2.05, 4.69) is 5.32 Å². The number of carbonyl (C=O) groups excluding carboxylic acids is 2. The molecule has 0 unspecified atom stereocenters. The van der Waals surface area contributed by atoms with E-state index in [1.807, 2.05) is 0 Å². The van der Waals surface area contributed by atoms with Gasteiger partial charge in [-0.1, -0.05) is 18.6 Å². The first-order valence-electron chi connectivity index (χ1n) is 9.69. The molecule has 29 heavy (non-hydrogen) atoms. The van der Waals surface area contributed by atoms with Gasteiger partial charge in [-0.05, 0) is 51.3 Å². The van der Waals surface area contributed by atoms with E-state index in [0.29, 0.717) is 18.7 Å². The van der Waals surface area contributed by atoms with Crippen molar-refractivity contribution in [2.24, 2.45) is 0 Å². The van der Waals surface area contributed by atoms with Crippen molar-refractivity contribution >= 4 is 22.1 Å². The van der Waals surface area contributed by atoms with Gasteiger partial charge < -0.3 is 14.8 Å². The van der Waals surface area contributed by atoms with Gasteiger partial charge >= 0.3 is 12.1 Å². The minimum absolute atomic E-state index is 0.0786. The molecule has 1 N–H and O–H groups in total. The lowest BCUT2D eigenvalue weighted by molar-refractivity contribution is -0.143. The van der Waals surface area contributed by atoms with E-state index in [4.69, 9.17) is 9.47 Å². The molecule has 1 aliphatic heterocycles. The first-order valence-corrected chi connectivity index (χ1v) is 11.1. The van der Waals surface area contributed by atoms with Gasteiger partial charge in [-0.15, -0.1) is 0 Å². The Balaban J connectivity index is 2.18. The van der Waals surface area contributed by atoms with Crippen molar-refractivity contribution in [2.75, 3.05) is 20.2 Å². The number of ether oxygens (including phenoxy) is 2. The van der Waals surface area contributed by atoms with Gasteiger partial charge in [-0.3, -0.25) is 0 Å². The monoisotopic (exact) mass is 426 g/mol. The second-order valence-corrected chi connectivity index (χ2v) is 9.98. The molecule has 1 aromatic rings. The summed E-state index contributed by atoms with van der Waals surface area (Å²) < 4.78 is 37.3. The maximum Gasteiger partial charge on any atom is 0.408 e. The number of nitrogens with zero attached hydrogens (tertiary/aromatic N) is 1. The average Bonchev–Trinajstić information content (AvgIpc) is 2.66. The molecule has 0 bridgehead atoms. The van der Waals surface area contributed by atoms with Crippen LogP contribution in [0, 0.1) is 0 Å². The topological polar surface area (TPSA) is 102 Å². The number of sulfonamides is 1. The van der Waals surface area contributed by atoms with Crippen LogP contribution in [0.15, 0.2) is 29.2 Å². The Morgan fingerprint density at radius 2 is 1.83 bits per heavy atom. The van der Waals surface area contributed by atoms with Gasteiger partial charge in [0.05, 0.1) is 12.0 Å². The van der Waals surface area contributed by atoms with Crippen molar-refractivity contribution in [1.29, 1.82) is 0 Å². The van der Waals surface area contributed by atoms with Crippen LogP contribution in [-0.2, 0) is 30.7 Å². The zero-order valence-corrected chi connectivity index (χ0v) is 18.3. The fourth-order valence-corrected chi connectivity index (χ4v) is 4.70. The smallest absolute Gasteiger partial charge is 0.408 e. The molecule has 1 heterocycles. The van der Waals surface area contributed by atoms with Gasteiger partial charge in [0.2, 0.25) is 10.0 Å². The van der Waals surface area contributed by atoms with Crippen molar-refractivity contribution in [3.8, 4) is 0 Å². The first kappa shape index (κ1) is 23.2. The molecule has 1 aliphatic rings. The highest BCUT2D eigenvalue weighted by molar-refractivity contribution is 7.89. The summed E-state index contributed by atoms with van der Waals surface area (Å²) in [5.41, 5.74) is -0.123. The summed E-state index contributed by atoms with van der Waals surface area (Å²) >= 11 is 0. The fraction of sp³-hybridized carbons (Fsp3) is 0.600. The number of rotatable bonds is 6. The summed E-state index contributed by atoms with van der Waals surface area (Å²) in [6.45, 7) is 6.17. The van der Waals surface area contributed by atoms with Gasteiger partial charge in [-0.25, -0.2) is 18.0 Å². The zero-order chi connectivity index (χ0) is 21.7. The number of piperidine rings is 1. The number of amides is 1. The number of carbonyl (C=O) groups is 2. The van der Waals surface area contributed by atoms with Crippen LogP contribution in [0.25, 0.3) is 0 Å². The summed E-state index contributed by atoms with van der Waals surface area (Å²) in [5.74, 6) is -0.639. The number of esters is 1. The lowest BCUT2D eigenvalue weighted by Gasteiger charge is -2.26. The lowest BCUT2D eigenvalue weighted by Crippen LogP contribution is -2.45. The van der Waals surface area contributed by atoms with Crippen LogP contribution in [0.3, 0.4) is 0 Å². The summed E-state index contributed by atoms with van der Waals surface area (Å²) in [6.07, 6.45) is 2.06. The number of benzene rings is 1. The van der Waals surface area contributed by atoms with E-state index in [9.17, 15) is 18.0 Å². The van der Waals surface area contributed by atoms with Crippen molar-refractivity contribution in [2.45, 2.75) is 63.0 Å². The van der Waals surface area contributed by atoms with Crippen molar-refractivity contribution < 1.29 is 27.5 Å². The van der Waals surface area contributed by atoms with E-state index in [-0.39, 0.29) is 11.3 Å². The number of nitrogens with one attached hydrogen (secondary N) is 1. The molecule has 1 atom stereocenters. The Bertz CT molecular complexity index is 826. The molecule has 1 fully saturated rings. The fourth-order valence-electron chi connectivity index (χ4n) is 3.11. The molecule has 162 valence electrons. The van der Waals surface area contributed by atoms with Crippen molar-refractivity contribution in [3.05, 3.63) is 29.8 Å². The third kappa shape index (κ3) is 6.71. The van der Waals surface area contributed by atoms with Crippen LogP contribution >= 0.6 is 0 Å². The van der Waals surface area contributed by atoms with Gasteiger partial charge in [0.15, 0.2) is 0 Å². The van der Waals surface area contributed by atoms with E-state index >= 15 is 0 Å². The predicted octanol–water partition coefficient (Wildman–Crippen LogP) is 2.47. The van der Waals surface area contributed by atoms with Crippen LogP contribution in [-0.4, -0.2) is 56.6 Å². The highest BCUT2D eigenvalue weighted by Crippen LogP contribution is 2.22. The van der Waals surface area contributed by atoms with Crippen LogP contribution in [0.5, 0.6) is 0 Å². The lowest BCUT2D eigenvalue weighted by atomic mass is 10.1. The standard InChI is InChI=1S/C20H30N2O6S/c1-20(2,3)28-19(24)21-17(18(23)27-4)14-15-9-8-10-16(13-15)29(25,26)22-11-6-5-7-12-22/h8-10,13,17H,5-7,11-12,14H2,1-4H3,(H,21,24)/t17-/m0/s1. The number of alkyl carbamates (subject to hydrolysis) is 1. The summed E-state index contributed by atoms with van der Waals surface area (Å²) in [6, 6.07) is 5.43. The second kappa shape index (κ2) is 9.58. The van der Waals surface area contributed by atoms with Crippen LogP contribution in [0.4, 0.5) is 4.79 Å². The quantitative estimate of drug-likeness (QED) is 0.701. The first-order chi connectivity index (χ1) is 13.5. The Morgan fingerprint density at radius 1 is 1.17 bits per heavy atom.